The van der Waals surface area contributed by atoms with E-state index in [0.29, 0.717) is 22.6 Å². The molecule has 0 aliphatic carbocycles. The number of pyridine rings is 2. The standard InChI is InChI=1S/C23H25FN6O2/c1-15-13-17(14-26-21(15)24)27-19-7-8-25-22(31)20(19)23(32)28-16-3-5-18(6-4-16)30-11-9-29(2)10-12-30/h3-8,13-14H,9-12H2,1-2H3,(H,28,32)(H2,25,27,31). The second-order valence-electron chi connectivity index (χ2n) is 7.84. The monoisotopic (exact) mass is 436 g/mol. The van der Waals surface area contributed by atoms with Crippen LogP contribution in [-0.4, -0.2) is 54.0 Å². The Kier molecular flexibility index (Phi) is 6.18. The van der Waals surface area contributed by atoms with Gasteiger partial charge in [0, 0.05) is 49.3 Å². The average molecular weight is 436 g/mol. The lowest BCUT2D eigenvalue weighted by molar-refractivity contribution is 0.102. The number of aromatic amines is 1. The Morgan fingerprint density at radius 2 is 1.81 bits per heavy atom. The number of hydrogen-bond donors (Lipinski definition) is 3. The van der Waals surface area contributed by atoms with Gasteiger partial charge < -0.3 is 25.4 Å². The Morgan fingerprint density at radius 1 is 1.09 bits per heavy atom. The van der Waals surface area contributed by atoms with Crippen molar-refractivity contribution >= 4 is 28.7 Å². The normalized spacial score (nSPS) is 14.3. The molecule has 1 fully saturated rings. The van der Waals surface area contributed by atoms with Crippen LogP contribution in [0, 0.1) is 12.9 Å². The van der Waals surface area contributed by atoms with Crippen LogP contribution in [-0.2, 0) is 0 Å². The van der Waals surface area contributed by atoms with Gasteiger partial charge in [0.25, 0.3) is 11.5 Å². The van der Waals surface area contributed by atoms with Crippen molar-refractivity contribution in [2.75, 3.05) is 48.8 Å². The van der Waals surface area contributed by atoms with E-state index in [1.54, 1.807) is 19.1 Å². The fourth-order valence-corrected chi connectivity index (χ4v) is 3.60. The summed E-state index contributed by atoms with van der Waals surface area (Å²) in [6, 6.07) is 10.7. The quantitative estimate of drug-likeness (QED) is 0.533. The summed E-state index contributed by atoms with van der Waals surface area (Å²) in [6.07, 6.45) is 2.75. The molecule has 3 aromatic rings. The summed E-state index contributed by atoms with van der Waals surface area (Å²) in [5.74, 6) is -1.12. The van der Waals surface area contributed by atoms with Crippen LogP contribution < -0.4 is 21.1 Å². The summed E-state index contributed by atoms with van der Waals surface area (Å²) in [6.45, 7) is 5.51. The van der Waals surface area contributed by atoms with Crippen molar-refractivity contribution in [3.8, 4) is 0 Å². The zero-order chi connectivity index (χ0) is 22.7. The first-order valence-corrected chi connectivity index (χ1v) is 10.4. The van der Waals surface area contributed by atoms with Gasteiger partial charge in [-0.25, -0.2) is 4.98 Å². The van der Waals surface area contributed by atoms with Gasteiger partial charge in [-0.1, -0.05) is 0 Å². The van der Waals surface area contributed by atoms with Crippen LogP contribution in [0.25, 0.3) is 0 Å². The predicted octanol–water partition coefficient (Wildman–Crippen LogP) is 2.97. The molecule has 9 heteroatoms. The number of rotatable bonds is 5. The SMILES string of the molecule is Cc1cc(Nc2cc[nH]c(=O)c2C(=O)Nc2ccc(N3CCN(C)CC3)cc2)cnc1F. The predicted molar refractivity (Wildman–Crippen MR) is 123 cm³/mol. The Labute approximate surface area is 185 Å². The summed E-state index contributed by atoms with van der Waals surface area (Å²) >= 11 is 0. The molecular weight excluding hydrogens is 411 g/mol. The average Bonchev–Trinajstić information content (AvgIpc) is 2.77. The number of amides is 1. The third-order valence-corrected chi connectivity index (χ3v) is 5.47. The van der Waals surface area contributed by atoms with E-state index in [9.17, 15) is 14.0 Å². The highest BCUT2D eigenvalue weighted by molar-refractivity contribution is 6.08. The van der Waals surface area contributed by atoms with E-state index in [0.717, 1.165) is 31.9 Å². The van der Waals surface area contributed by atoms with Crippen LogP contribution in [0.15, 0.2) is 53.6 Å². The fraction of sp³-hybridized carbons (Fsp3) is 0.261. The summed E-state index contributed by atoms with van der Waals surface area (Å²) in [4.78, 5) is 36.1. The molecule has 1 aromatic carbocycles. The Hall–Kier alpha value is -3.72. The number of anilines is 4. The van der Waals surface area contributed by atoms with Gasteiger partial charge in [-0.05, 0) is 50.4 Å². The van der Waals surface area contributed by atoms with E-state index < -0.39 is 17.4 Å². The highest BCUT2D eigenvalue weighted by Crippen LogP contribution is 2.22. The topological polar surface area (TPSA) is 93.4 Å². The lowest BCUT2D eigenvalue weighted by Gasteiger charge is -2.34. The van der Waals surface area contributed by atoms with Crippen molar-refractivity contribution in [2.45, 2.75) is 6.92 Å². The number of nitrogens with zero attached hydrogens (tertiary/aromatic N) is 3. The zero-order valence-corrected chi connectivity index (χ0v) is 18.0. The minimum Gasteiger partial charge on any atom is -0.369 e. The molecule has 3 heterocycles. The van der Waals surface area contributed by atoms with Crippen LogP contribution in [0.3, 0.4) is 0 Å². The molecule has 0 bridgehead atoms. The number of likely N-dealkylation sites (N-methyl/N-ethyl adjacent to an activating group) is 1. The Balaban J connectivity index is 1.51. The maximum absolute atomic E-state index is 13.5. The van der Waals surface area contributed by atoms with Crippen LogP contribution >= 0.6 is 0 Å². The first-order chi connectivity index (χ1) is 15.4. The number of carbonyl (C=O) groups excluding carboxylic acids is 1. The number of aromatic nitrogens is 2. The summed E-state index contributed by atoms with van der Waals surface area (Å²) in [5.41, 5.74) is 2.20. The maximum Gasteiger partial charge on any atom is 0.263 e. The van der Waals surface area contributed by atoms with E-state index in [1.807, 2.05) is 24.3 Å². The zero-order valence-electron chi connectivity index (χ0n) is 18.0. The molecule has 2 aromatic heterocycles. The van der Waals surface area contributed by atoms with Crippen molar-refractivity contribution < 1.29 is 9.18 Å². The van der Waals surface area contributed by atoms with E-state index >= 15 is 0 Å². The van der Waals surface area contributed by atoms with E-state index in [2.05, 4.69) is 37.4 Å². The highest BCUT2D eigenvalue weighted by atomic mass is 19.1. The van der Waals surface area contributed by atoms with Crippen LogP contribution in [0.2, 0.25) is 0 Å². The smallest absolute Gasteiger partial charge is 0.263 e. The maximum atomic E-state index is 13.5. The number of hydrogen-bond acceptors (Lipinski definition) is 6. The Bertz CT molecular complexity index is 1170. The second-order valence-corrected chi connectivity index (χ2v) is 7.84. The van der Waals surface area contributed by atoms with E-state index in [4.69, 9.17) is 0 Å². The molecule has 166 valence electrons. The number of benzene rings is 1. The molecule has 0 atom stereocenters. The van der Waals surface area contributed by atoms with Crippen molar-refractivity contribution in [2.24, 2.45) is 0 Å². The van der Waals surface area contributed by atoms with Gasteiger partial charge in [0.2, 0.25) is 5.95 Å². The lowest BCUT2D eigenvalue weighted by atomic mass is 10.2. The lowest BCUT2D eigenvalue weighted by Crippen LogP contribution is -2.44. The van der Waals surface area contributed by atoms with Crippen molar-refractivity contribution in [3.05, 3.63) is 76.2 Å². The largest absolute Gasteiger partial charge is 0.369 e. The summed E-state index contributed by atoms with van der Waals surface area (Å²) < 4.78 is 13.5. The molecule has 4 rings (SSSR count). The number of carbonyl (C=O) groups is 1. The van der Waals surface area contributed by atoms with Gasteiger partial charge in [0.05, 0.1) is 17.6 Å². The Morgan fingerprint density at radius 3 is 2.50 bits per heavy atom. The molecule has 1 aliphatic heterocycles. The minimum absolute atomic E-state index is 0.0716. The van der Waals surface area contributed by atoms with Gasteiger partial charge in [-0.3, -0.25) is 9.59 Å². The van der Waals surface area contributed by atoms with Crippen molar-refractivity contribution in [1.82, 2.24) is 14.9 Å². The summed E-state index contributed by atoms with van der Waals surface area (Å²) in [5, 5.41) is 5.76. The molecule has 0 saturated carbocycles. The highest BCUT2D eigenvalue weighted by Gasteiger charge is 2.18. The number of halogens is 1. The molecule has 32 heavy (non-hydrogen) atoms. The first kappa shape index (κ1) is 21.5. The van der Waals surface area contributed by atoms with Crippen LogP contribution in [0.5, 0.6) is 0 Å². The van der Waals surface area contributed by atoms with E-state index in [-0.39, 0.29) is 5.56 Å². The molecule has 0 unspecified atom stereocenters. The molecule has 8 nitrogen and oxygen atoms in total. The molecule has 0 spiro atoms. The fourth-order valence-electron chi connectivity index (χ4n) is 3.60. The van der Waals surface area contributed by atoms with Crippen molar-refractivity contribution in [3.63, 3.8) is 0 Å². The number of aryl methyl sites for hydroxylation is 1. The number of nitrogens with one attached hydrogen (secondary N) is 3. The molecule has 3 N–H and O–H groups in total. The minimum atomic E-state index is -0.570. The first-order valence-electron chi connectivity index (χ1n) is 10.4. The molecular formula is C23H25FN6O2. The third kappa shape index (κ3) is 4.78. The molecule has 0 radical (unpaired) electrons. The molecule has 1 amide bonds. The van der Waals surface area contributed by atoms with Crippen LogP contribution in [0.4, 0.5) is 27.1 Å². The number of piperazine rings is 1. The second kappa shape index (κ2) is 9.19. The number of H-pyrrole nitrogens is 1. The van der Waals surface area contributed by atoms with Crippen LogP contribution in [0.1, 0.15) is 15.9 Å². The van der Waals surface area contributed by atoms with Gasteiger partial charge in [-0.15, -0.1) is 0 Å². The molecule has 1 aliphatic rings. The van der Waals surface area contributed by atoms with Gasteiger partial charge >= 0.3 is 0 Å². The van der Waals surface area contributed by atoms with Crippen molar-refractivity contribution in [1.29, 1.82) is 0 Å². The molecule has 1 saturated heterocycles. The summed E-state index contributed by atoms with van der Waals surface area (Å²) in [7, 11) is 2.11. The third-order valence-electron chi connectivity index (χ3n) is 5.47. The van der Waals surface area contributed by atoms with Gasteiger partial charge in [0.1, 0.15) is 5.56 Å². The van der Waals surface area contributed by atoms with E-state index in [1.165, 1.54) is 12.4 Å². The van der Waals surface area contributed by atoms with Gasteiger partial charge in [0.15, 0.2) is 0 Å². The van der Waals surface area contributed by atoms with Gasteiger partial charge in [-0.2, -0.15) is 4.39 Å².